The first-order valence-corrected chi connectivity index (χ1v) is 7.78. The van der Waals surface area contributed by atoms with E-state index in [9.17, 15) is 9.59 Å². The SMILES string of the molecule is C[C@@H]1CN(C(=O)C(c2ccccc2)C2CC2)CC(C(=O)O)O1. The van der Waals surface area contributed by atoms with Crippen molar-refractivity contribution in [1.82, 2.24) is 4.90 Å². The number of hydrogen-bond acceptors (Lipinski definition) is 3. The maximum Gasteiger partial charge on any atom is 0.334 e. The quantitative estimate of drug-likeness (QED) is 0.922. The summed E-state index contributed by atoms with van der Waals surface area (Å²) in [6.07, 6.45) is 0.943. The first kappa shape index (κ1) is 15.0. The van der Waals surface area contributed by atoms with E-state index >= 15 is 0 Å². The topological polar surface area (TPSA) is 66.8 Å². The molecule has 1 aromatic carbocycles. The lowest BCUT2D eigenvalue weighted by molar-refractivity contribution is -0.167. The van der Waals surface area contributed by atoms with Crippen LogP contribution < -0.4 is 0 Å². The van der Waals surface area contributed by atoms with Crippen molar-refractivity contribution in [1.29, 1.82) is 0 Å². The molecule has 2 unspecified atom stereocenters. The molecule has 5 nitrogen and oxygen atoms in total. The van der Waals surface area contributed by atoms with Crippen molar-refractivity contribution in [3.05, 3.63) is 35.9 Å². The lowest BCUT2D eigenvalue weighted by atomic mass is 9.92. The summed E-state index contributed by atoms with van der Waals surface area (Å²) in [5.74, 6) is -0.737. The van der Waals surface area contributed by atoms with E-state index in [0.29, 0.717) is 12.5 Å². The zero-order valence-electron chi connectivity index (χ0n) is 12.6. The van der Waals surface area contributed by atoms with E-state index in [1.165, 1.54) is 0 Å². The Balaban J connectivity index is 1.80. The molecule has 0 aromatic heterocycles. The van der Waals surface area contributed by atoms with Gasteiger partial charge in [-0.05, 0) is 31.2 Å². The Kier molecular flexibility index (Phi) is 4.16. The monoisotopic (exact) mass is 303 g/mol. The summed E-state index contributed by atoms with van der Waals surface area (Å²) >= 11 is 0. The first-order valence-electron chi connectivity index (χ1n) is 7.78. The zero-order chi connectivity index (χ0) is 15.7. The molecule has 1 saturated carbocycles. The minimum absolute atomic E-state index is 0.0371. The third kappa shape index (κ3) is 3.14. The van der Waals surface area contributed by atoms with Crippen LogP contribution in [0.15, 0.2) is 30.3 Å². The molecule has 0 radical (unpaired) electrons. The lowest BCUT2D eigenvalue weighted by Gasteiger charge is -2.37. The highest BCUT2D eigenvalue weighted by Gasteiger charge is 2.42. The van der Waals surface area contributed by atoms with Crippen molar-refractivity contribution in [2.24, 2.45) is 5.92 Å². The molecule has 5 heteroatoms. The molecule has 3 rings (SSSR count). The Labute approximate surface area is 129 Å². The molecule has 2 fully saturated rings. The van der Waals surface area contributed by atoms with E-state index in [1.807, 2.05) is 37.3 Å². The fraction of sp³-hybridized carbons (Fsp3) is 0.529. The lowest BCUT2D eigenvalue weighted by Crippen LogP contribution is -2.53. The van der Waals surface area contributed by atoms with E-state index in [4.69, 9.17) is 9.84 Å². The molecule has 2 aliphatic rings. The Morgan fingerprint density at radius 2 is 1.91 bits per heavy atom. The maximum atomic E-state index is 13.0. The van der Waals surface area contributed by atoms with Crippen molar-refractivity contribution in [2.45, 2.75) is 37.9 Å². The van der Waals surface area contributed by atoms with E-state index in [-0.39, 0.29) is 24.5 Å². The number of rotatable bonds is 4. The van der Waals surface area contributed by atoms with Crippen LogP contribution >= 0.6 is 0 Å². The van der Waals surface area contributed by atoms with Gasteiger partial charge in [0.2, 0.25) is 5.91 Å². The van der Waals surface area contributed by atoms with Gasteiger partial charge in [0.1, 0.15) is 0 Å². The summed E-state index contributed by atoms with van der Waals surface area (Å²) < 4.78 is 5.40. The predicted octanol–water partition coefficient (Wildman–Crippen LogP) is 1.88. The van der Waals surface area contributed by atoms with Crippen LogP contribution in [0.25, 0.3) is 0 Å². The molecular weight excluding hydrogens is 282 g/mol. The Morgan fingerprint density at radius 3 is 2.50 bits per heavy atom. The molecule has 1 saturated heterocycles. The molecule has 1 amide bonds. The number of carboxylic acids is 1. The van der Waals surface area contributed by atoms with Gasteiger partial charge in [-0.15, -0.1) is 0 Å². The van der Waals surface area contributed by atoms with Crippen LogP contribution in [0.2, 0.25) is 0 Å². The molecule has 0 spiro atoms. The molecule has 1 heterocycles. The third-order valence-electron chi connectivity index (χ3n) is 4.37. The summed E-state index contributed by atoms with van der Waals surface area (Å²) in [6, 6.07) is 9.80. The average molecular weight is 303 g/mol. The average Bonchev–Trinajstić information content (AvgIpc) is 3.32. The van der Waals surface area contributed by atoms with Gasteiger partial charge in [-0.25, -0.2) is 4.79 Å². The fourth-order valence-electron chi connectivity index (χ4n) is 3.17. The number of carbonyl (C=O) groups is 2. The molecule has 1 aromatic rings. The molecule has 1 N–H and O–H groups in total. The van der Waals surface area contributed by atoms with Crippen LogP contribution in [-0.2, 0) is 14.3 Å². The fourth-order valence-corrected chi connectivity index (χ4v) is 3.17. The Hall–Kier alpha value is -1.88. The highest BCUT2D eigenvalue weighted by Crippen LogP contribution is 2.43. The number of morpholine rings is 1. The van der Waals surface area contributed by atoms with Crippen molar-refractivity contribution in [3.63, 3.8) is 0 Å². The number of hydrogen-bond donors (Lipinski definition) is 1. The zero-order valence-corrected chi connectivity index (χ0v) is 12.6. The van der Waals surface area contributed by atoms with Crippen LogP contribution in [0.1, 0.15) is 31.2 Å². The van der Waals surface area contributed by atoms with Gasteiger partial charge in [0.05, 0.1) is 18.6 Å². The second-order valence-electron chi connectivity index (χ2n) is 6.24. The number of carbonyl (C=O) groups excluding carboxylic acids is 1. The van der Waals surface area contributed by atoms with E-state index in [0.717, 1.165) is 18.4 Å². The number of amides is 1. The standard InChI is InChI=1S/C17H21NO4/c1-11-9-18(10-14(22-11)17(20)21)16(19)15(13-7-8-13)12-5-3-2-4-6-12/h2-6,11,13-15H,7-10H2,1H3,(H,20,21)/t11-,14?,15?/m1/s1. The van der Waals surface area contributed by atoms with Gasteiger partial charge in [0, 0.05) is 6.54 Å². The van der Waals surface area contributed by atoms with Crippen LogP contribution in [0.3, 0.4) is 0 Å². The Morgan fingerprint density at radius 1 is 1.23 bits per heavy atom. The minimum Gasteiger partial charge on any atom is -0.479 e. The second kappa shape index (κ2) is 6.08. The van der Waals surface area contributed by atoms with Gasteiger partial charge in [0.15, 0.2) is 6.10 Å². The van der Waals surface area contributed by atoms with Crippen LogP contribution in [0.5, 0.6) is 0 Å². The van der Waals surface area contributed by atoms with Gasteiger partial charge in [-0.2, -0.15) is 0 Å². The van der Waals surface area contributed by atoms with Gasteiger partial charge in [0.25, 0.3) is 0 Å². The highest BCUT2D eigenvalue weighted by atomic mass is 16.5. The number of benzene rings is 1. The normalized spacial score (nSPS) is 26.5. The van der Waals surface area contributed by atoms with Gasteiger partial charge >= 0.3 is 5.97 Å². The van der Waals surface area contributed by atoms with Crippen LogP contribution in [0, 0.1) is 5.92 Å². The van der Waals surface area contributed by atoms with E-state index in [1.54, 1.807) is 4.90 Å². The van der Waals surface area contributed by atoms with Crippen LogP contribution in [0.4, 0.5) is 0 Å². The molecule has 1 aliphatic heterocycles. The summed E-state index contributed by atoms with van der Waals surface area (Å²) in [5, 5.41) is 9.17. The van der Waals surface area contributed by atoms with E-state index < -0.39 is 12.1 Å². The minimum atomic E-state index is -1.01. The van der Waals surface area contributed by atoms with Crippen molar-refractivity contribution >= 4 is 11.9 Å². The van der Waals surface area contributed by atoms with Gasteiger partial charge in [-0.3, -0.25) is 4.79 Å². The maximum absolute atomic E-state index is 13.0. The van der Waals surface area contributed by atoms with E-state index in [2.05, 4.69) is 0 Å². The Bertz CT molecular complexity index is 555. The largest absolute Gasteiger partial charge is 0.479 e. The number of ether oxygens (including phenoxy) is 1. The molecule has 22 heavy (non-hydrogen) atoms. The predicted molar refractivity (Wildman–Crippen MR) is 80.5 cm³/mol. The van der Waals surface area contributed by atoms with Gasteiger partial charge in [-0.1, -0.05) is 30.3 Å². The smallest absolute Gasteiger partial charge is 0.334 e. The summed E-state index contributed by atoms with van der Waals surface area (Å²) in [7, 11) is 0. The number of nitrogens with zero attached hydrogens (tertiary/aromatic N) is 1. The second-order valence-corrected chi connectivity index (χ2v) is 6.24. The first-order chi connectivity index (χ1) is 10.6. The summed E-state index contributed by atoms with van der Waals surface area (Å²) in [4.78, 5) is 25.8. The molecular formula is C17H21NO4. The van der Waals surface area contributed by atoms with Crippen molar-refractivity contribution < 1.29 is 19.4 Å². The molecule has 118 valence electrons. The van der Waals surface area contributed by atoms with Crippen molar-refractivity contribution in [2.75, 3.05) is 13.1 Å². The van der Waals surface area contributed by atoms with Gasteiger partial charge < -0.3 is 14.7 Å². The number of carboxylic acid groups (broad SMARTS) is 1. The molecule has 3 atom stereocenters. The van der Waals surface area contributed by atoms with Crippen molar-refractivity contribution in [3.8, 4) is 0 Å². The third-order valence-corrected chi connectivity index (χ3v) is 4.37. The summed E-state index contributed by atoms with van der Waals surface area (Å²) in [6.45, 7) is 2.40. The number of aliphatic carboxylic acids is 1. The highest BCUT2D eigenvalue weighted by molar-refractivity contribution is 5.85. The molecule has 1 aliphatic carbocycles. The summed E-state index contributed by atoms with van der Waals surface area (Å²) in [5.41, 5.74) is 1.03. The molecule has 0 bridgehead atoms. The van der Waals surface area contributed by atoms with Crippen LogP contribution in [-0.4, -0.2) is 47.2 Å².